The van der Waals surface area contributed by atoms with Gasteiger partial charge >= 0.3 is 0 Å². The number of aryl methyl sites for hydroxylation is 2. The van der Waals surface area contributed by atoms with Crippen molar-refractivity contribution >= 4 is 24.1 Å². The molecule has 2 heterocycles. The number of likely N-dealkylation sites (tertiary alicyclic amines) is 1. The summed E-state index contributed by atoms with van der Waals surface area (Å²) < 4.78 is 5.74. The summed E-state index contributed by atoms with van der Waals surface area (Å²) in [5.74, 6) is 5.05. The number of rotatable bonds is 13. The Morgan fingerprint density at radius 3 is 2.68 bits per heavy atom. The molecule has 38 heavy (non-hydrogen) atoms. The third-order valence-electron chi connectivity index (χ3n) is 7.02. The monoisotopic (exact) mass is 528 g/mol. The van der Waals surface area contributed by atoms with Crippen LogP contribution < -0.4 is 16.9 Å². The fourth-order valence-corrected chi connectivity index (χ4v) is 4.84. The van der Waals surface area contributed by atoms with E-state index in [0.29, 0.717) is 39.1 Å². The molecule has 2 saturated heterocycles. The number of amides is 4. The Balaban J connectivity index is 1.44. The molecule has 11 heteroatoms. The van der Waals surface area contributed by atoms with Crippen molar-refractivity contribution in [3.05, 3.63) is 46.8 Å². The van der Waals surface area contributed by atoms with Gasteiger partial charge in [-0.1, -0.05) is 18.2 Å². The second-order valence-electron chi connectivity index (χ2n) is 9.85. The number of piperidine rings is 2. The number of imide groups is 1. The van der Waals surface area contributed by atoms with Crippen LogP contribution in [0.2, 0.25) is 0 Å². The van der Waals surface area contributed by atoms with Crippen LogP contribution in [0, 0.1) is 6.92 Å². The van der Waals surface area contributed by atoms with Crippen molar-refractivity contribution < 1.29 is 23.9 Å². The zero-order valence-electron chi connectivity index (χ0n) is 22.2. The fraction of sp³-hybridized carbons (Fsp3) is 0.556. The highest BCUT2D eigenvalue weighted by Gasteiger charge is 2.31. The van der Waals surface area contributed by atoms with Gasteiger partial charge in [0, 0.05) is 38.9 Å². The van der Waals surface area contributed by atoms with Crippen LogP contribution in [-0.2, 0) is 36.9 Å². The molecule has 0 radical (unpaired) electrons. The standard InChI is InChI=1S/C27H40N6O5/c1-20-7-5-8-21(22(20)17-32(19-34)24-10-11-25(35)30-26(24)36)9-6-15-38-16-14-33(29)18-23(28)27(37)31-12-3-2-4-13-31/h5,7-8,18-19,24H,2-4,6,9-17,28-29H2,1H3,(H,30,35,36)/b23-18-. The number of nitrogens with two attached hydrogens (primary N) is 2. The van der Waals surface area contributed by atoms with E-state index in [1.807, 2.05) is 25.1 Å². The topological polar surface area (TPSA) is 151 Å². The van der Waals surface area contributed by atoms with Gasteiger partial charge in [0.25, 0.3) is 5.91 Å². The second-order valence-corrected chi connectivity index (χ2v) is 9.85. The van der Waals surface area contributed by atoms with E-state index < -0.39 is 11.9 Å². The first kappa shape index (κ1) is 29.1. The molecule has 2 fully saturated rings. The first-order valence-corrected chi connectivity index (χ1v) is 13.3. The van der Waals surface area contributed by atoms with Gasteiger partial charge in [0.05, 0.1) is 13.2 Å². The Bertz CT molecular complexity index is 1020. The molecule has 1 atom stereocenters. The number of hydrogen-bond donors (Lipinski definition) is 3. The number of nitrogens with zero attached hydrogens (tertiary/aromatic N) is 3. The van der Waals surface area contributed by atoms with Gasteiger partial charge in [0.1, 0.15) is 11.7 Å². The molecule has 4 amide bonds. The van der Waals surface area contributed by atoms with Gasteiger partial charge in [-0.15, -0.1) is 0 Å². The fourth-order valence-electron chi connectivity index (χ4n) is 4.84. The van der Waals surface area contributed by atoms with Gasteiger partial charge in [-0.2, -0.15) is 0 Å². The molecule has 1 unspecified atom stereocenters. The molecule has 1 aromatic carbocycles. The summed E-state index contributed by atoms with van der Waals surface area (Å²) in [6.45, 7) is 5.02. The largest absolute Gasteiger partial charge is 0.393 e. The van der Waals surface area contributed by atoms with Crippen LogP contribution in [0.25, 0.3) is 0 Å². The van der Waals surface area contributed by atoms with Crippen molar-refractivity contribution in [3.63, 3.8) is 0 Å². The predicted molar refractivity (Wildman–Crippen MR) is 142 cm³/mol. The van der Waals surface area contributed by atoms with Crippen molar-refractivity contribution in [1.82, 2.24) is 20.1 Å². The highest BCUT2D eigenvalue weighted by Crippen LogP contribution is 2.21. The quantitative estimate of drug-likeness (QED) is 0.0845. The Kier molecular flexibility index (Phi) is 11.1. The lowest BCUT2D eigenvalue weighted by atomic mass is 9.96. The zero-order valence-corrected chi connectivity index (χ0v) is 22.2. The van der Waals surface area contributed by atoms with Crippen molar-refractivity contribution in [1.29, 1.82) is 0 Å². The molecular weight excluding hydrogens is 488 g/mol. The molecule has 1 aromatic rings. The molecule has 2 aliphatic rings. The van der Waals surface area contributed by atoms with Crippen LogP contribution in [0.4, 0.5) is 0 Å². The number of benzene rings is 1. The van der Waals surface area contributed by atoms with Gasteiger partial charge in [0.2, 0.25) is 18.2 Å². The second kappa shape index (κ2) is 14.5. The number of hydrogen-bond acceptors (Lipinski definition) is 8. The normalized spacial score (nSPS) is 18.2. The lowest BCUT2D eigenvalue weighted by molar-refractivity contribution is -0.141. The van der Waals surface area contributed by atoms with Crippen LogP contribution in [0.5, 0.6) is 0 Å². The van der Waals surface area contributed by atoms with E-state index in [4.69, 9.17) is 16.3 Å². The highest BCUT2D eigenvalue weighted by atomic mass is 16.5. The molecule has 0 spiro atoms. The lowest BCUT2D eigenvalue weighted by Gasteiger charge is -2.31. The molecule has 5 N–H and O–H groups in total. The molecule has 2 aliphatic heterocycles. The minimum absolute atomic E-state index is 0.128. The van der Waals surface area contributed by atoms with Crippen LogP contribution in [0.1, 0.15) is 55.2 Å². The SMILES string of the molecule is Cc1cccc(CCCOCCN(N)/C=C(\N)C(=O)N2CCCCC2)c1CN(C=O)C1CCC(=O)NC1=O. The molecule has 0 bridgehead atoms. The van der Waals surface area contributed by atoms with Crippen molar-refractivity contribution in [2.45, 2.75) is 64.5 Å². The Morgan fingerprint density at radius 1 is 1.21 bits per heavy atom. The number of ether oxygens (including phenoxy) is 1. The smallest absolute Gasteiger partial charge is 0.271 e. The van der Waals surface area contributed by atoms with E-state index in [1.54, 1.807) is 4.90 Å². The average molecular weight is 529 g/mol. The van der Waals surface area contributed by atoms with E-state index in [-0.39, 0.29) is 23.9 Å². The minimum Gasteiger partial charge on any atom is -0.393 e. The summed E-state index contributed by atoms with van der Waals surface area (Å²) in [5, 5.41) is 3.69. The van der Waals surface area contributed by atoms with Gasteiger partial charge in [-0.3, -0.25) is 24.5 Å². The minimum atomic E-state index is -0.654. The molecule has 11 nitrogen and oxygen atoms in total. The molecule has 0 saturated carbocycles. The zero-order chi connectivity index (χ0) is 27.5. The Hall–Kier alpha value is -3.44. The molecule has 208 valence electrons. The Labute approximate surface area is 224 Å². The number of hydrazine groups is 1. The number of carbonyl (C=O) groups excluding carboxylic acids is 4. The van der Waals surface area contributed by atoms with Crippen LogP contribution in [0.3, 0.4) is 0 Å². The summed E-state index contributed by atoms with van der Waals surface area (Å²) in [5.41, 5.74) is 9.18. The van der Waals surface area contributed by atoms with Crippen molar-refractivity contribution in [2.24, 2.45) is 11.6 Å². The maximum atomic E-state index is 12.4. The van der Waals surface area contributed by atoms with Gasteiger partial charge in [-0.05, 0) is 62.1 Å². The molecule has 0 aromatic heterocycles. The summed E-state index contributed by atoms with van der Waals surface area (Å²) in [6.07, 6.45) is 7.31. The van der Waals surface area contributed by atoms with Crippen molar-refractivity contribution in [2.75, 3.05) is 32.8 Å². The summed E-state index contributed by atoms with van der Waals surface area (Å²) >= 11 is 0. The van der Waals surface area contributed by atoms with E-state index in [0.717, 1.165) is 61.9 Å². The van der Waals surface area contributed by atoms with Gasteiger partial charge in [0.15, 0.2) is 0 Å². The highest BCUT2D eigenvalue weighted by molar-refractivity contribution is 6.00. The van der Waals surface area contributed by atoms with E-state index in [9.17, 15) is 19.2 Å². The molecule has 0 aliphatic carbocycles. The van der Waals surface area contributed by atoms with E-state index in [2.05, 4.69) is 5.32 Å². The maximum Gasteiger partial charge on any atom is 0.271 e. The van der Waals surface area contributed by atoms with Gasteiger partial charge in [-0.25, -0.2) is 5.84 Å². The van der Waals surface area contributed by atoms with Crippen LogP contribution in [0.15, 0.2) is 30.1 Å². The van der Waals surface area contributed by atoms with Crippen LogP contribution >= 0.6 is 0 Å². The average Bonchev–Trinajstić information content (AvgIpc) is 2.90. The first-order chi connectivity index (χ1) is 18.3. The summed E-state index contributed by atoms with van der Waals surface area (Å²) in [7, 11) is 0. The molecule has 3 rings (SSSR count). The van der Waals surface area contributed by atoms with Crippen molar-refractivity contribution in [3.8, 4) is 0 Å². The van der Waals surface area contributed by atoms with E-state index >= 15 is 0 Å². The lowest BCUT2D eigenvalue weighted by Crippen LogP contribution is -2.51. The third-order valence-corrected chi connectivity index (χ3v) is 7.02. The predicted octanol–water partition coefficient (Wildman–Crippen LogP) is 0.696. The third kappa shape index (κ3) is 8.29. The van der Waals surface area contributed by atoms with Gasteiger partial charge < -0.3 is 25.3 Å². The van der Waals surface area contributed by atoms with Crippen LogP contribution in [-0.4, -0.2) is 77.8 Å². The number of nitrogens with one attached hydrogen (secondary N) is 1. The first-order valence-electron chi connectivity index (χ1n) is 13.3. The maximum absolute atomic E-state index is 12.4. The molecular formula is C27H40N6O5. The summed E-state index contributed by atoms with van der Waals surface area (Å²) in [6, 6.07) is 5.32. The summed E-state index contributed by atoms with van der Waals surface area (Å²) in [4.78, 5) is 51.2. The Morgan fingerprint density at radius 2 is 1.97 bits per heavy atom. The number of carbonyl (C=O) groups is 4. The van der Waals surface area contributed by atoms with E-state index in [1.165, 1.54) is 16.1 Å².